The average Bonchev–Trinajstić information content (AvgIpc) is 3.17. The molecule has 0 aliphatic rings. The van der Waals surface area contributed by atoms with Gasteiger partial charge in [-0.25, -0.2) is 0 Å². The van der Waals surface area contributed by atoms with Crippen molar-refractivity contribution in [3.8, 4) is 11.8 Å². The van der Waals surface area contributed by atoms with Crippen molar-refractivity contribution < 1.29 is 4.79 Å². The van der Waals surface area contributed by atoms with Gasteiger partial charge in [-0.2, -0.15) is 5.26 Å². The zero-order chi connectivity index (χ0) is 24.9. The van der Waals surface area contributed by atoms with E-state index in [2.05, 4.69) is 5.32 Å². The molecule has 0 radical (unpaired) electrons. The highest BCUT2D eigenvalue weighted by Crippen LogP contribution is 2.15. The van der Waals surface area contributed by atoms with Gasteiger partial charge in [-0.05, 0) is 60.2 Å². The molecule has 0 atom stereocenters. The third-order valence-corrected chi connectivity index (χ3v) is 6.54. The Kier molecular flexibility index (Phi) is 7.16. The molecule has 1 amide bonds. The van der Waals surface area contributed by atoms with Gasteiger partial charge in [0.05, 0.1) is 10.2 Å². The van der Waals surface area contributed by atoms with Gasteiger partial charge >= 0.3 is 0 Å². The lowest BCUT2D eigenvalue weighted by atomic mass is 10.2. The van der Waals surface area contributed by atoms with Crippen LogP contribution in [0.25, 0.3) is 17.3 Å². The van der Waals surface area contributed by atoms with Crippen LogP contribution in [0.15, 0.2) is 83.7 Å². The van der Waals surface area contributed by atoms with Crippen LogP contribution in [-0.2, 0) is 4.79 Å². The predicted molar refractivity (Wildman–Crippen MR) is 143 cm³/mol. The van der Waals surface area contributed by atoms with Crippen LogP contribution in [0.1, 0.15) is 5.56 Å². The average molecular weight is 501 g/mol. The largest absolute Gasteiger partial charge is 0.378 e. The number of hydrogen-bond donors (Lipinski definition) is 1. The number of anilines is 2. The number of carbonyl (C=O) groups is 1. The Morgan fingerprint density at radius 1 is 1.03 bits per heavy atom. The number of carbonyl (C=O) groups excluding carboxylic acids is 1. The standard InChI is InChI=1S/C27H21ClN4O2S/c1-31(2)21-14-8-18(9-15-21)16-24-26(34)32(22-6-4-3-5-7-22)27(35-24)23(17-29)25(33)30-20-12-10-19(28)11-13-20/h3-16H,1-2H3,(H,30,33)/b24-16+,27-23+. The number of nitriles is 1. The fourth-order valence-corrected chi connectivity index (χ4v) is 4.63. The van der Waals surface area contributed by atoms with E-state index >= 15 is 0 Å². The monoisotopic (exact) mass is 500 g/mol. The number of nitrogens with one attached hydrogen (secondary N) is 1. The number of aromatic nitrogens is 1. The van der Waals surface area contributed by atoms with Crippen molar-refractivity contribution in [2.75, 3.05) is 24.3 Å². The van der Waals surface area contributed by atoms with Gasteiger partial charge in [0, 0.05) is 30.5 Å². The number of thiazole rings is 1. The molecule has 174 valence electrons. The molecule has 8 heteroatoms. The summed E-state index contributed by atoms with van der Waals surface area (Å²) in [7, 11) is 3.91. The van der Waals surface area contributed by atoms with Gasteiger partial charge in [0.1, 0.15) is 10.7 Å². The molecule has 0 saturated carbocycles. The first kappa shape index (κ1) is 24.0. The normalized spacial score (nSPS) is 12.1. The van der Waals surface area contributed by atoms with Crippen LogP contribution in [0, 0.1) is 11.3 Å². The van der Waals surface area contributed by atoms with Gasteiger partial charge in [0.2, 0.25) is 0 Å². The first-order chi connectivity index (χ1) is 16.9. The number of nitrogens with zero attached hydrogens (tertiary/aromatic N) is 3. The first-order valence-electron chi connectivity index (χ1n) is 10.6. The molecule has 1 aromatic heterocycles. The fraction of sp³-hybridized carbons (Fsp3) is 0.0741. The fourth-order valence-electron chi connectivity index (χ4n) is 3.40. The molecule has 6 nitrogen and oxygen atoms in total. The number of halogens is 1. The summed E-state index contributed by atoms with van der Waals surface area (Å²) in [5.74, 6) is -0.609. The van der Waals surface area contributed by atoms with Crippen LogP contribution < -0.4 is 25.0 Å². The van der Waals surface area contributed by atoms with E-state index in [4.69, 9.17) is 11.6 Å². The smallest absolute Gasteiger partial charge is 0.273 e. The summed E-state index contributed by atoms with van der Waals surface area (Å²) in [6.45, 7) is 0. The zero-order valence-electron chi connectivity index (χ0n) is 19.0. The van der Waals surface area contributed by atoms with E-state index in [0.717, 1.165) is 22.6 Å². The molecule has 1 N–H and O–H groups in total. The SMILES string of the molecule is CN(C)c1ccc(/C=c2/s/c(=C(\C#N)C(=O)Nc3ccc(Cl)cc3)n(-c3ccccc3)c2=O)cc1. The minimum atomic E-state index is -0.609. The van der Waals surface area contributed by atoms with Crippen LogP contribution in [0.3, 0.4) is 0 Å². The molecule has 0 aliphatic carbocycles. The summed E-state index contributed by atoms with van der Waals surface area (Å²) >= 11 is 7.02. The van der Waals surface area contributed by atoms with E-state index in [1.54, 1.807) is 54.6 Å². The molecular formula is C27H21ClN4O2S. The van der Waals surface area contributed by atoms with Gasteiger partial charge < -0.3 is 10.2 Å². The van der Waals surface area contributed by atoms with E-state index in [1.165, 1.54) is 4.57 Å². The van der Waals surface area contributed by atoms with Crippen LogP contribution >= 0.6 is 22.9 Å². The Labute approximate surface area is 211 Å². The molecule has 0 saturated heterocycles. The summed E-state index contributed by atoms with van der Waals surface area (Å²) in [6, 6.07) is 25.3. The number of amides is 1. The summed E-state index contributed by atoms with van der Waals surface area (Å²) in [5, 5.41) is 13.2. The summed E-state index contributed by atoms with van der Waals surface area (Å²) in [5.41, 5.74) is 2.47. The molecule has 4 rings (SSSR count). The maximum atomic E-state index is 13.5. The third-order valence-electron chi connectivity index (χ3n) is 5.20. The van der Waals surface area contributed by atoms with E-state index in [0.29, 0.717) is 20.9 Å². The lowest BCUT2D eigenvalue weighted by Crippen LogP contribution is -2.32. The van der Waals surface area contributed by atoms with Gasteiger partial charge in [-0.15, -0.1) is 11.3 Å². The Morgan fingerprint density at radius 3 is 2.29 bits per heavy atom. The lowest BCUT2D eigenvalue weighted by Gasteiger charge is -2.11. The topological polar surface area (TPSA) is 78.1 Å². The van der Waals surface area contributed by atoms with Gasteiger partial charge in [-0.1, -0.05) is 41.9 Å². The maximum absolute atomic E-state index is 13.5. The first-order valence-corrected chi connectivity index (χ1v) is 11.8. The second kappa shape index (κ2) is 10.4. The van der Waals surface area contributed by atoms with Crippen molar-refractivity contribution >= 4 is 51.9 Å². The quantitative estimate of drug-likeness (QED) is 0.452. The van der Waals surface area contributed by atoms with E-state index in [1.807, 2.05) is 55.4 Å². The number of hydrogen-bond acceptors (Lipinski definition) is 5. The van der Waals surface area contributed by atoms with Crippen molar-refractivity contribution in [3.05, 3.63) is 109 Å². The summed E-state index contributed by atoms with van der Waals surface area (Å²) in [4.78, 5) is 28.5. The summed E-state index contributed by atoms with van der Waals surface area (Å²) in [6.07, 6.45) is 1.77. The maximum Gasteiger partial charge on any atom is 0.273 e. The van der Waals surface area contributed by atoms with Crippen LogP contribution in [0.5, 0.6) is 0 Å². The molecule has 0 aliphatic heterocycles. The van der Waals surface area contributed by atoms with Crippen molar-refractivity contribution in [3.63, 3.8) is 0 Å². The number of para-hydroxylation sites is 1. The van der Waals surface area contributed by atoms with Crippen LogP contribution in [0.2, 0.25) is 5.02 Å². The van der Waals surface area contributed by atoms with Crippen molar-refractivity contribution in [2.24, 2.45) is 0 Å². The van der Waals surface area contributed by atoms with Crippen molar-refractivity contribution in [2.45, 2.75) is 0 Å². The minimum absolute atomic E-state index is 0.159. The van der Waals surface area contributed by atoms with E-state index in [-0.39, 0.29) is 15.8 Å². The van der Waals surface area contributed by atoms with Gasteiger partial charge in [0.15, 0.2) is 5.57 Å². The second-order valence-corrected chi connectivity index (χ2v) is 9.29. The molecule has 1 heterocycles. The predicted octanol–water partition coefficient (Wildman–Crippen LogP) is 3.76. The highest BCUT2D eigenvalue weighted by atomic mass is 35.5. The second-order valence-electron chi connectivity index (χ2n) is 7.83. The van der Waals surface area contributed by atoms with E-state index in [9.17, 15) is 14.9 Å². The molecular weight excluding hydrogens is 480 g/mol. The molecule has 0 fully saturated rings. The van der Waals surface area contributed by atoms with E-state index < -0.39 is 5.91 Å². The molecule has 3 aromatic carbocycles. The van der Waals surface area contributed by atoms with Crippen molar-refractivity contribution in [1.82, 2.24) is 4.57 Å². The summed E-state index contributed by atoms with van der Waals surface area (Å²) < 4.78 is 2.07. The van der Waals surface area contributed by atoms with Gasteiger partial charge in [-0.3, -0.25) is 14.2 Å². The molecule has 35 heavy (non-hydrogen) atoms. The highest BCUT2D eigenvalue weighted by molar-refractivity contribution is 7.07. The minimum Gasteiger partial charge on any atom is -0.378 e. The number of benzene rings is 3. The highest BCUT2D eigenvalue weighted by Gasteiger charge is 2.17. The van der Waals surface area contributed by atoms with Crippen LogP contribution in [-0.4, -0.2) is 24.6 Å². The molecule has 0 unspecified atom stereocenters. The Balaban J connectivity index is 1.90. The van der Waals surface area contributed by atoms with Crippen LogP contribution in [0.4, 0.5) is 11.4 Å². The molecule has 0 spiro atoms. The zero-order valence-corrected chi connectivity index (χ0v) is 20.6. The Bertz CT molecular complexity index is 1580. The Morgan fingerprint density at radius 2 is 1.69 bits per heavy atom. The Hall–Kier alpha value is -4.12. The van der Waals surface area contributed by atoms with Gasteiger partial charge in [0.25, 0.3) is 11.5 Å². The lowest BCUT2D eigenvalue weighted by molar-refractivity contribution is -0.111. The van der Waals surface area contributed by atoms with Crippen molar-refractivity contribution in [1.29, 1.82) is 5.26 Å². The molecule has 0 bridgehead atoms. The number of rotatable bonds is 5. The third kappa shape index (κ3) is 5.35. The molecule has 4 aromatic rings.